The smallest absolute Gasteiger partial charge is 0.227 e. The number of carbonyl (C=O) groups excluding carboxylic acids is 1. The van der Waals surface area contributed by atoms with Gasteiger partial charge in [0.25, 0.3) is 0 Å². The fourth-order valence-corrected chi connectivity index (χ4v) is 4.78. The van der Waals surface area contributed by atoms with Gasteiger partial charge < -0.3 is 9.47 Å². The quantitative estimate of drug-likeness (QED) is 0.472. The third kappa shape index (κ3) is 4.03. The molecule has 0 spiro atoms. The van der Waals surface area contributed by atoms with E-state index in [0.29, 0.717) is 13.0 Å². The standard InChI is InChI=1S/C26H30N6O/c1-17-5-6-21(13-18(17)2)14-25(33)31-11-8-22(15-31)24-7-9-28-26-23(19(3)29-32(24)26)16-30-12-10-27-20(30)4/h5-7,9-10,12-13,22H,8,11,14-16H2,1-4H3. The predicted octanol–water partition coefficient (Wildman–Crippen LogP) is 3.77. The summed E-state index contributed by atoms with van der Waals surface area (Å²) in [6.45, 7) is 10.4. The van der Waals surface area contributed by atoms with Crippen LogP contribution in [0.1, 0.15) is 51.8 Å². The van der Waals surface area contributed by atoms with Crippen LogP contribution in [0.25, 0.3) is 5.65 Å². The van der Waals surface area contributed by atoms with Crippen molar-refractivity contribution in [2.45, 2.75) is 53.0 Å². The molecule has 1 amide bonds. The molecule has 1 unspecified atom stereocenters. The van der Waals surface area contributed by atoms with Gasteiger partial charge in [-0.25, -0.2) is 14.5 Å². The molecule has 1 aliphatic rings. The summed E-state index contributed by atoms with van der Waals surface area (Å²) in [6, 6.07) is 8.34. The summed E-state index contributed by atoms with van der Waals surface area (Å²) in [5.41, 5.74) is 7.67. The summed E-state index contributed by atoms with van der Waals surface area (Å²) in [5.74, 6) is 1.42. The molecule has 1 atom stereocenters. The van der Waals surface area contributed by atoms with Crippen LogP contribution in [0, 0.1) is 27.7 Å². The highest BCUT2D eigenvalue weighted by Crippen LogP contribution is 2.29. The normalized spacial score (nSPS) is 16.1. The molecule has 0 bridgehead atoms. The van der Waals surface area contributed by atoms with E-state index in [0.717, 1.165) is 53.5 Å². The van der Waals surface area contributed by atoms with Crippen LogP contribution >= 0.6 is 0 Å². The molecule has 0 radical (unpaired) electrons. The number of benzene rings is 1. The van der Waals surface area contributed by atoms with Crippen LogP contribution < -0.4 is 0 Å². The van der Waals surface area contributed by atoms with Crippen molar-refractivity contribution in [3.05, 3.63) is 82.3 Å². The zero-order chi connectivity index (χ0) is 23.1. The number of hydrogen-bond donors (Lipinski definition) is 0. The van der Waals surface area contributed by atoms with E-state index in [9.17, 15) is 4.79 Å². The Kier molecular flexibility index (Phi) is 5.48. The number of carbonyl (C=O) groups is 1. The van der Waals surface area contributed by atoms with E-state index in [1.54, 1.807) is 0 Å². The number of aryl methyl sites for hydroxylation is 4. The van der Waals surface area contributed by atoms with Crippen molar-refractivity contribution < 1.29 is 4.79 Å². The van der Waals surface area contributed by atoms with Gasteiger partial charge in [0.15, 0.2) is 5.65 Å². The Balaban J connectivity index is 1.35. The number of aromatic nitrogens is 5. The fraction of sp³-hybridized carbons (Fsp3) is 0.385. The van der Waals surface area contributed by atoms with Crippen LogP contribution in [0.3, 0.4) is 0 Å². The van der Waals surface area contributed by atoms with E-state index >= 15 is 0 Å². The first-order valence-electron chi connectivity index (χ1n) is 11.6. The Morgan fingerprint density at radius 2 is 1.91 bits per heavy atom. The second kappa shape index (κ2) is 8.46. The van der Waals surface area contributed by atoms with Crippen molar-refractivity contribution in [1.82, 2.24) is 29.0 Å². The van der Waals surface area contributed by atoms with E-state index in [4.69, 9.17) is 5.10 Å². The summed E-state index contributed by atoms with van der Waals surface area (Å²) in [5, 5.41) is 4.84. The molecule has 7 heteroatoms. The van der Waals surface area contributed by atoms with Gasteiger partial charge in [-0.1, -0.05) is 18.2 Å². The Hall–Kier alpha value is -3.48. The average molecular weight is 443 g/mol. The number of likely N-dealkylation sites (tertiary alicyclic amines) is 1. The zero-order valence-corrected chi connectivity index (χ0v) is 19.7. The van der Waals surface area contributed by atoms with Gasteiger partial charge in [0.05, 0.1) is 24.4 Å². The molecular formula is C26H30N6O. The topological polar surface area (TPSA) is 68.3 Å². The van der Waals surface area contributed by atoms with Gasteiger partial charge in [-0.05, 0) is 56.9 Å². The number of rotatable bonds is 5. The monoisotopic (exact) mass is 442 g/mol. The third-order valence-corrected chi connectivity index (χ3v) is 6.98. The van der Waals surface area contributed by atoms with E-state index in [1.165, 1.54) is 11.1 Å². The predicted molar refractivity (Wildman–Crippen MR) is 127 cm³/mol. The van der Waals surface area contributed by atoms with Crippen LogP contribution in [0.15, 0.2) is 42.9 Å². The van der Waals surface area contributed by atoms with Gasteiger partial charge in [-0.3, -0.25) is 4.79 Å². The van der Waals surface area contributed by atoms with Gasteiger partial charge in [-0.15, -0.1) is 0 Å². The van der Waals surface area contributed by atoms with Crippen LogP contribution in [-0.4, -0.2) is 48.0 Å². The Labute approximate surface area is 194 Å². The molecule has 1 aliphatic heterocycles. The molecule has 4 aromatic rings. The molecule has 5 rings (SSSR count). The van der Waals surface area contributed by atoms with E-state index in [-0.39, 0.29) is 11.8 Å². The molecule has 170 valence electrons. The second-order valence-electron chi connectivity index (χ2n) is 9.19. The van der Waals surface area contributed by atoms with Gasteiger partial charge in [0, 0.05) is 43.2 Å². The summed E-state index contributed by atoms with van der Waals surface area (Å²) < 4.78 is 4.10. The maximum Gasteiger partial charge on any atom is 0.227 e. The molecule has 0 saturated carbocycles. The highest BCUT2D eigenvalue weighted by Gasteiger charge is 2.29. The molecule has 33 heavy (non-hydrogen) atoms. The van der Waals surface area contributed by atoms with Crippen LogP contribution in [-0.2, 0) is 17.8 Å². The summed E-state index contributed by atoms with van der Waals surface area (Å²) in [4.78, 5) is 24.0. The van der Waals surface area contributed by atoms with Crippen molar-refractivity contribution >= 4 is 11.6 Å². The Bertz CT molecular complexity index is 1330. The van der Waals surface area contributed by atoms with Crippen molar-refractivity contribution in [3.63, 3.8) is 0 Å². The number of amides is 1. The van der Waals surface area contributed by atoms with Crippen LogP contribution in [0.4, 0.5) is 0 Å². The molecule has 1 saturated heterocycles. The summed E-state index contributed by atoms with van der Waals surface area (Å²) >= 11 is 0. The van der Waals surface area contributed by atoms with E-state index in [1.807, 2.05) is 47.9 Å². The van der Waals surface area contributed by atoms with Crippen molar-refractivity contribution in [1.29, 1.82) is 0 Å². The highest BCUT2D eigenvalue weighted by atomic mass is 16.2. The largest absolute Gasteiger partial charge is 0.342 e. The molecule has 4 heterocycles. The second-order valence-corrected chi connectivity index (χ2v) is 9.19. The SMILES string of the molecule is Cc1ccc(CC(=O)N2CCC(c3ccnc4c(Cn5ccnc5C)c(C)nn34)C2)cc1C. The average Bonchev–Trinajstić information content (AvgIpc) is 3.51. The molecule has 1 fully saturated rings. The van der Waals surface area contributed by atoms with Gasteiger partial charge in [0.2, 0.25) is 5.91 Å². The minimum atomic E-state index is 0.193. The number of fused-ring (bicyclic) bond motifs is 1. The van der Waals surface area contributed by atoms with Crippen molar-refractivity contribution in [3.8, 4) is 0 Å². The van der Waals surface area contributed by atoms with Crippen molar-refractivity contribution in [2.75, 3.05) is 13.1 Å². The molecule has 1 aromatic carbocycles. The molecule has 3 aromatic heterocycles. The lowest BCUT2D eigenvalue weighted by Gasteiger charge is -2.17. The minimum Gasteiger partial charge on any atom is -0.342 e. The lowest BCUT2D eigenvalue weighted by Crippen LogP contribution is -2.30. The Morgan fingerprint density at radius 3 is 2.67 bits per heavy atom. The van der Waals surface area contributed by atoms with Gasteiger partial charge in [-0.2, -0.15) is 5.10 Å². The lowest BCUT2D eigenvalue weighted by molar-refractivity contribution is -0.129. The fourth-order valence-electron chi connectivity index (χ4n) is 4.78. The summed E-state index contributed by atoms with van der Waals surface area (Å²) in [6.07, 6.45) is 7.06. The number of nitrogens with zero attached hydrogens (tertiary/aromatic N) is 6. The molecule has 0 aliphatic carbocycles. The van der Waals surface area contributed by atoms with Crippen LogP contribution in [0.2, 0.25) is 0 Å². The third-order valence-electron chi connectivity index (χ3n) is 6.98. The van der Waals surface area contributed by atoms with Crippen molar-refractivity contribution in [2.24, 2.45) is 0 Å². The van der Waals surface area contributed by atoms with E-state index < -0.39 is 0 Å². The first kappa shape index (κ1) is 21.4. The first-order chi connectivity index (χ1) is 15.9. The maximum absolute atomic E-state index is 13.0. The van der Waals surface area contributed by atoms with Crippen LogP contribution in [0.5, 0.6) is 0 Å². The highest BCUT2D eigenvalue weighted by molar-refractivity contribution is 5.79. The van der Waals surface area contributed by atoms with Gasteiger partial charge in [0.1, 0.15) is 5.82 Å². The maximum atomic E-state index is 13.0. The molecule has 7 nitrogen and oxygen atoms in total. The Morgan fingerprint density at radius 1 is 1.06 bits per heavy atom. The number of imidazole rings is 1. The first-order valence-corrected chi connectivity index (χ1v) is 11.6. The zero-order valence-electron chi connectivity index (χ0n) is 19.7. The molecular weight excluding hydrogens is 412 g/mol. The van der Waals surface area contributed by atoms with E-state index in [2.05, 4.69) is 46.6 Å². The minimum absolute atomic E-state index is 0.193. The molecule has 0 N–H and O–H groups in total. The summed E-state index contributed by atoms with van der Waals surface area (Å²) in [7, 11) is 0. The number of hydrogen-bond acceptors (Lipinski definition) is 4. The van der Waals surface area contributed by atoms with Gasteiger partial charge >= 0.3 is 0 Å². The lowest BCUT2D eigenvalue weighted by atomic mass is 10.0.